The molecule has 0 radical (unpaired) electrons. The van der Waals surface area contributed by atoms with E-state index in [1.165, 1.54) is 142 Å². The van der Waals surface area contributed by atoms with E-state index in [0.717, 1.165) is 36.3 Å². The van der Waals surface area contributed by atoms with Crippen LogP contribution < -0.4 is 89.1 Å². The zero-order valence-electron chi connectivity index (χ0n) is 81.2. The Balaban J connectivity index is 0.000000152. The van der Waals surface area contributed by atoms with Gasteiger partial charge in [-0.1, -0.05) is 23.2 Å². The van der Waals surface area contributed by atoms with Crippen LogP contribution in [0.15, 0.2) is 150 Å². The summed E-state index contributed by atoms with van der Waals surface area (Å²) in [6.07, 6.45) is 17.5. The first kappa shape index (κ1) is 106. The maximum absolute atomic E-state index is 13.2. The number of Topliss-reactive ketones (excluding diaryl/α,β-unsaturated/α-hetero) is 1. The fraction of sp³-hybridized carbons (Fsp3) is 0.402. The standard InChI is InChI=1S/C26H30N8O6.C21H22N8O4.C18H23ClN4O4.C13H15ClN4O4.C9H9N3O2.C5H11INO/c1-14-13-39-24(28-14)33-10-6-7-17(23(33)37)29-19-11-20(32(5)25(38)40-26(2,3)4)34-21(31-19)15(12-27-34)22(36)30-16-8-9-18(16)35;1-11-10-33-21(24-11)28-7-3-4-14(20(28)32)25-16-8-17(22-2)29-18(27-16)12(9-23-29)19(31)26-13-5-6-15(13)30;1-18(2,3)27-17(26)22(4)15-8-14(19)21-16-11(9-20-23(15)16)13(25)7-10-5-6-12(10)24;1-13(2,3)22-12(21)17(4)9-5-8(14)16-10-7(11(19)20)6-15-18(9)10;1-6-5-14-9(11-6)12-4-2-3-7(10)8(12)13;7-6-3-4-1-2-5(4)8/h6-7,10-13,16,18,35H,8-9H2,1-5H3,(H,29,31)(H,30,36);3-4,7-10,13,15,22,30H,5-6H2,1-2H3,(H,25,27)(H,26,31);8-10,12,24H,5-7H2,1-4H3;5-6H,1-4H3,(H,19,20);2-5H,10H2,1H3;4-5,8H,1-3,7H2/q;;;;;-1/t16?,18-;13?,15-;10?,12-;;;4-,5+/m111..0/s1. The van der Waals surface area contributed by atoms with Gasteiger partial charge < -0.3 is 80.2 Å². The summed E-state index contributed by atoms with van der Waals surface area (Å²) in [6.45, 7) is 21.1. The summed E-state index contributed by atoms with van der Waals surface area (Å²) in [4.78, 5) is 158. The first-order chi connectivity index (χ1) is 68.0. The number of aliphatic hydroxyl groups is 4. The molecule has 49 nitrogen and oxygen atoms in total. The fourth-order valence-electron chi connectivity index (χ4n) is 14.3. The van der Waals surface area contributed by atoms with E-state index in [4.69, 9.17) is 70.6 Å². The summed E-state index contributed by atoms with van der Waals surface area (Å²) in [5.74, 6) is 0.219. The van der Waals surface area contributed by atoms with Crippen LogP contribution in [-0.2, 0) is 14.2 Å². The molecule has 14 aromatic heterocycles. The number of ether oxygens (including phenoxy) is 3. The van der Waals surface area contributed by atoms with Crippen molar-refractivity contribution in [2.45, 2.75) is 194 Å². The van der Waals surface area contributed by atoms with Gasteiger partial charge in [0.2, 0.25) is 0 Å². The van der Waals surface area contributed by atoms with E-state index in [0.29, 0.717) is 70.9 Å². The molecule has 14 aromatic rings. The predicted octanol–water partition coefficient (Wildman–Crippen LogP) is 6.75. The summed E-state index contributed by atoms with van der Waals surface area (Å²) in [5, 5.41) is 79.0. The second-order valence-electron chi connectivity index (χ2n) is 36.8. The molecular formula is C92H110Cl2IN28O21-. The van der Waals surface area contributed by atoms with Crippen LogP contribution in [-0.4, -0.2) is 240 Å². The van der Waals surface area contributed by atoms with Crippen LogP contribution in [0, 0.1) is 32.6 Å². The number of carboxylic acids is 1. The zero-order valence-corrected chi connectivity index (χ0v) is 84.9. The van der Waals surface area contributed by atoms with Crippen molar-refractivity contribution < 1.29 is 108 Å². The number of amides is 5. The summed E-state index contributed by atoms with van der Waals surface area (Å²) in [5.41, 5.74) is 6.10. The molecule has 14 N–H and O–H groups in total. The number of carbonyl (C=O) groups excluding carboxylic acids is 6. The molecule has 3 unspecified atom stereocenters. The molecule has 52 heteroatoms. The van der Waals surface area contributed by atoms with Crippen molar-refractivity contribution >= 4 is 140 Å². The average molecular weight is 2140 g/mol. The molecule has 0 bridgehead atoms. The van der Waals surface area contributed by atoms with Crippen molar-refractivity contribution in [3.8, 4) is 18.0 Å². The van der Waals surface area contributed by atoms with Crippen LogP contribution in [0.5, 0.6) is 0 Å². The number of aromatic carboxylic acids is 1. The quantitative estimate of drug-likeness (QED) is 0.00884. The van der Waals surface area contributed by atoms with Crippen molar-refractivity contribution in [3.05, 3.63) is 204 Å². The first-order valence-corrected chi connectivity index (χ1v) is 48.6. The number of carboxylic acid groups (broad SMARTS) is 1. The van der Waals surface area contributed by atoms with Crippen LogP contribution in [0.2, 0.25) is 10.3 Å². The van der Waals surface area contributed by atoms with Crippen molar-refractivity contribution in [3.63, 3.8) is 0 Å². The topological polar surface area (TPSA) is 635 Å². The molecule has 4 fully saturated rings. The second kappa shape index (κ2) is 44.8. The van der Waals surface area contributed by atoms with E-state index >= 15 is 0 Å². The van der Waals surface area contributed by atoms with Gasteiger partial charge in [0.15, 0.2) is 28.4 Å². The third kappa shape index (κ3) is 25.4. The number of halogens is 3. The van der Waals surface area contributed by atoms with Crippen molar-refractivity contribution in [2.24, 2.45) is 15.8 Å². The fourth-order valence-corrected chi connectivity index (χ4v) is 16.3. The van der Waals surface area contributed by atoms with Crippen molar-refractivity contribution in [1.29, 1.82) is 0 Å². The Labute approximate surface area is 840 Å². The average Bonchev–Trinajstić information content (AvgIpc) is 1.62. The maximum atomic E-state index is 13.2. The Kier molecular flexibility index (Phi) is 33.1. The van der Waals surface area contributed by atoms with Crippen molar-refractivity contribution in [2.75, 3.05) is 69.0 Å². The Hall–Kier alpha value is -14.8. The third-order valence-corrected chi connectivity index (χ3v) is 24.5. The molecule has 4 saturated carbocycles. The van der Waals surface area contributed by atoms with Crippen LogP contribution in [0.1, 0.15) is 179 Å². The molecule has 0 aliphatic heterocycles. The number of oxazole rings is 3. The molecule has 4 aliphatic rings. The number of fused-ring (bicyclic) bond motifs is 4. The first-order valence-electron chi connectivity index (χ1n) is 45.1. The zero-order chi connectivity index (χ0) is 105. The monoisotopic (exact) mass is 2140 g/mol. The van der Waals surface area contributed by atoms with E-state index < -0.39 is 70.8 Å². The van der Waals surface area contributed by atoms with E-state index in [2.05, 4.69) is 81.9 Å². The summed E-state index contributed by atoms with van der Waals surface area (Å²) < 4.78 is 47.7. The number of carbonyl (C=O) groups is 7. The van der Waals surface area contributed by atoms with Crippen LogP contribution in [0.3, 0.4) is 0 Å². The Morgan fingerprint density at radius 2 is 0.840 bits per heavy atom. The number of pyridine rings is 3. The minimum atomic E-state index is -1.18. The molecule has 18 rings (SSSR count). The summed E-state index contributed by atoms with van der Waals surface area (Å²) in [7, 11) is 6.22. The molecule has 0 saturated heterocycles. The van der Waals surface area contributed by atoms with E-state index in [1.807, 2.05) is 0 Å². The summed E-state index contributed by atoms with van der Waals surface area (Å²) in [6, 6.07) is 15.6. The number of ketones is 1. The van der Waals surface area contributed by atoms with E-state index in [1.54, 1.807) is 139 Å². The van der Waals surface area contributed by atoms with Gasteiger partial charge in [-0.3, -0.25) is 43.5 Å². The van der Waals surface area contributed by atoms with Gasteiger partial charge in [-0.05, 0) is 164 Å². The minimum absolute atomic E-state index is 0.00162. The van der Waals surface area contributed by atoms with Gasteiger partial charge in [0, 0.05) is 77.5 Å². The number of aryl methyl sites for hydroxylation is 3. The number of hydrogen-bond acceptors (Lipinski definition) is 36. The van der Waals surface area contributed by atoms with Gasteiger partial charge in [0.1, 0.15) is 109 Å². The molecule has 0 aromatic carbocycles. The number of aliphatic hydroxyl groups excluding tert-OH is 4. The molecule has 4 aliphatic carbocycles. The molecule has 0 spiro atoms. The Bertz CT molecular complexity index is 7280. The SMILES string of the molecule is CN(C(=O)OC(C)(C)C)c1cc(Cl)nc2c(C(=O)CC3CC[C@H]3O)cnn12.CN(C(=O)OC(C)(C)C)c1cc(Cl)nc2c(C(=O)O)cnn12.CNc1cc(Nc2cccn(-c3nc(C)co3)c2=O)nc2c(C(=O)NC3CC[C@H]3O)cnn12.Cc1coc(-n2cccc(N)c2=O)n1.Cc1coc(-n2cccc(Nc3cc(N(C)C(=O)OC(C)(C)C)n4ncc(C(=O)NC5CC[C@H]5O)c4n3)c2=O)n1.N[I-]C[C@@H]1CC[C@H]1O. The number of rotatable bonds is 21. The van der Waals surface area contributed by atoms with Gasteiger partial charge in [-0.25, -0.2) is 52.8 Å². The number of alkyl halides is 1. The number of nitrogens with two attached hydrogens (primary N) is 2. The van der Waals surface area contributed by atoms with Crippen LogP contribution in [0.25, 0.3) is 40.6 Å². The summed E-state index contributed by atoms with van der Waals surface area (Å²) >= 11 is 12.0. The molecular weight excluding hydrogens is 2030 g/mol. The number of nitrogens with one attached hydrogen (secondary N) is 5. The third-order valence-electron chi connectivity index (χ3n) is 22.5. The van der Waals surface area contributed by atoms with Crippen LogP contribution in [0.4, 0.5) is 66.4 Å². The molecule has 5 amide bonds. The normalized spacial score (nSPS) is 17.2. The molecule has 14 heterocycles. The Morgan fingerprint density at radius 1 is 0.479 bits per heavy atom. The van der Waals surface area contributed by atoms with Gasteiger partial charge in [-0.15, -0.1) is 0 Å². The second-order valence-corrected chi connectivity index (χ2v) is 39.4. The van der Waals surface area contributed by atoms with Crippen LogP contribution >= 0.6 is 23.2 Å². The van der Waals surface area contributed by atoms with E-state index in [-0.39, 0.29) is 171 Å². The predicted molar refractivity (Wildman–Crippen MR) is 522 cm³/mol. The number of hydrogen-bond donors (Lipinski definition) is 12. The molecule has 144 heavy (non-hydrogen) atoms. The number of anilines is 9. The van der Waals surface area contributed by atoms with Gasteiger partial charge in [-0.2, -0.15) is 53.4 Å². The Morgan fingerprint density at radius 3 is 1.19 bits per heavy atom. The van der Waals surface area contributed by atoms with Crippen molar-refractivity contribution in [1.82, 2.24) is 97.7 Å². The van der Waals surface area contributed by atoms with Gasteiger partial charge in [0.05, 0.1) is 83.5 Å². The van der Waals surface area contributed by atoms with Gasteiger partial charge >= 0.3 is 102 Å². The number of nitrogen functional groups attached to an aromatic ring is 1. The number of aromatic nitrogens is 18. The van der Waals surface area contributed by atoms with Gasteiger partial charge in [0.25, 0.3) is 28.5 Å². The number of nitrogens with zero attached hydrogens (tertiary/aromatic N) is 21. The molecule has 766 valence electrons. The van der Waals surface area contributed by atoms with E-state index in [9.17, 15) is 63.3 Å². The molecule has 8 atom stereocenters.